The van der Waals surface area contributed by atoms with Gasteiger partial charge >= 0.3 is 6.18 Å². The molecular weight excluding hydrogens is 429 g/mol. The highest BCUT2D eigenvalue weighted by atomic mass is 32.2. The first-order valence-electron chi connectivity index (χ1n) is 9.23. The molecule has 0 unspecified atom stereocenters. The number of fused-ring (bicyclic) bond motifs is 1. The van der Waals surface area contributed by atoms with Crippen molar-refractivity contribution in [2.24, 2.45) is 0 Å². The van der Waals surface area contributed by atoms with E-state index in [2.05, 4.69) is 4.98 Å². The van der Waals surface area contributed by atoms with Crippen molar-refractivity contribution >= 4 is 33.3 Å². The van der Waals surface area contributed by atoms with Crippen molar-refractivity contribution in [3.05, 3.63) is 93.1 Å². The lowest BCUT2D eigenvalue weighted by atomic mass is 10.1. The van der Waals surface area contributed by atoms with E-state index < -0.39 is 11.7 Å². The predicted molar refractivity (Wildman–Crippen MR) is 115 cm³/mol. The largest absolute Gasteiger partial charge is 0.416 e. The minimum Gasteiger partial charge on any atom is -0.286 e. The van der Waals surface area contributed by atoms with Crippen LogP contribution in [0.4, 0.5) is 13.2 Å². The molecule has 0 aliphatic rings. The van der Waals surface area contributed by atoms with Crippen molar-refractivity contribution in [3.8, 4) is 0 Å². The molecule has 0 N–H and O–H groups in total. The highest BCUT2D eigenvalue weighted by Crippen LogP contribution is 2.31. The lowest BCUT2D eigenvalue weighted by molar-refractivity contribution is -0.137. The summed E-state index contributed by atoms with van der Waals surface area (Å²) in [6.07, 6.45) is -3.72. The summed E-state index contributed by atoms with van der Waals surface area (Å²) in [6.45, 7) is 0.453. The van der Waals surface area contributed by atoms with E-state index in [1.165, 1.54) is 29.2 Å². The topological polar surface area (TPSA) is 34.9 Å². The molecule has 0 aliphatic carbocycles. The fraction of sp³-hybridized carbons (Fsp3) is 0.182. The van der Waals surface area contributed by atoms with Crippen LogP contribution < -0.4 is 5.56 Å². The highest BCUT2D eigenvalue weighted by molar-refractivity contribution is 7.98. The number of rotatable bonds is 6. The molecule has 30 heavy (non-hydrogen) atoms. The number of hydrogen-bond acceptors (Lipinski definition) is 4. The number of aryl methyl sites for hydroxylation is 1. The van der Waals surface area contributed by atoms with E-state index in [4.69, 9.17) is 0 Å². The minimum absolute atomic E-state index is 0.113. The summed E-state index contributed by atoms with van der Waals surface area (Å²) >= 11 is 2.62. The summed E-state index contributed by atoms with van der Waals surface area (Å²) in [5.41, 5.74) is 1.46. The SMILES string of the molecule is O=c1c2sccc2nc(SCc2cccc(C(F)(F)F)c2)n1CCc1ccccc1. The van der Waals surface area contributed by atoms with Gasteiger partial charge in [0.1, 0.15) is 4.70 Å². The zero-order valence-electron chi connectivity index (χ0n) is 15.7. The monoisotopic (exact) mass is 446 g/mol. The molecule has 0 aliphatic heterocycles. The molecular formula is C22H17F3N2OS2. The van der Waals surface area contributed by atoms with E-state index in [9.17, 15) is 18.0 Å². The number of benzene rings is 2. The normalized spacial score (nSPS) is 11.8. The molecule has 0 amide bonds. The fourth-order valence-corrected chi connectivity index (χ4v) is 4.85. The highest BCUT2D eigenvalue weighted by Gasteiger charge is 2.30. The van der Waals surface area contributed by atoms with Gasteiger partial charge in [-0.2, -0.15) is 13.2 Å². The first kappa shape index (κ1) is 20.7. The maximum absolute atomic E-state index is 13.0. The van der Waals surface area contributed by atoms with Gasteiger partial charge in [0, 0.05) is 12.3 Å². The molecule has 2 heterocycles. The standard InChI is InChI=1S/C22H17F3N2OS2/c23-22(24,25)17-8-4-7-16(13-17)14-30-21-26-18-10-12-29-19(18)20(28)27(21)11-9-15-5-2-1-3-6-15/h1-8,10,12-13H,9,11,14H2. The van der Waals surface area contributed by atoms with Gasteiger partial charge in [0.2, 0.25) is 0 Å². The van der Waals surface area contributed by atoms with E-state index in [1.807, 2.05) is 35.7 Å². The zero-order valence-corrected chi connectivity index (χ0v) is 17.4. The second kappa shape index (κ2) is 8.65. The third kappa shape index (κ3) is 4.60. The average Bonchev–Trinajstić information content (AvgIpc) is 3.21. The molecule has 0 radical (unpaired) electrons. The third-order valence-electron chi connectivity index (χ3n) is 4.62. The molecule has 0 saturated heterocycles. The Morgan fingerprint density at radius 2 is 1.77 bits per heavy atom. The van der Waals surface area contributed by atoms with Gasteiger partial charge in [-0.25, -0.2) is 4.98 Å². The van der Waals surface area contributed by atoms with Crippen LogP contribution in [0.2, 0.25) is 0 Å². The number of alkyl halides is 3. The molecule has 154 valence electrons. The first-order valence-corrected chi connectivity index (χ1v) is 11.1. The number of thioether (sulfide) groups is 1. The second-order valence-electron chi connectivity index (χ2n) is 6.71. The van der Waals surface area contributed by atoms with E-state index >= 15 is 0 Å². The summed E-state index contributed by atoms with van der Waals surface area (Å²) in [7, 11) is 0. The van der Waals surface area contributed by atoms with Crippen LogP contribution in [0.1, 0.15) is 16.7 Å². The van der Waals surface area contributed by atoms with Gasteiger partial charge in [-0.1, -0.05) is 60.3 Å². The fourth-order valence-electron chi connectivity index (χ4n) is 3.10. The molecule has 4 aromatic rings. The summed E-state index contributed by atoms with van der Waals surface area (Å²) in [5.74, 6) is 0.289. The lowest BCUT2D eigenvalue weighted by Gasteiger charge is -2.13. The van der Waals surface area contributed by atoms with Gasteiger partial charge in [0.15, 0.2) is 5.16 Å². The summed E-state index contributed by atoms with van der Waals surface area (Å²) in [6, 6.07) is 16.9. The van der Waals surface area contributed by atoms with Crippen molar-refractivity contribution < 1.29 is 13.2 Å². The van der Waals surface area contributed by atoms with E-state index in [0.29, 0.717) is 33.9 Å². The van der Waals surface area contributed by atoms with Crippen molar-refractivity contribution in [3.63, 3.8) is 0 Å². The average molecular weight is 447 g/mol. The summed E-state index contributed by atoms with van der Waals surface area (Å²) in [4.78, 5) is 17.6. The van der Waals surface area contributed by atoms with Crippen molar-refractivity contribution in [2.45, 2.75) is 30.1 Å². The molecule has 8 heteroatoms. The smallest absolute Gasteiger partial charge is 0.286 e. The Bertz CT molecular complexity index is 1220. The first-order chi connectivity index (χ1) is 14.4. The molecule has 0 spiro atoms. The van der Waals surface area contributed by atoms with Crippen molar-refractivity contribution in [1.82, 2.24) is 9.55 Å². The Morgan fingerprint density at radius 1 is 1.00 bits per heavy atom. The van der Waals surface area contributed by atoms with E-state index in [-0.39, 0.29) is 11.3 Å². The van der Waals surface area contributed by atoms with Crippen LogP contribution >= 0.6 is 23.1 Å². The number of nitrogens with zero attached hydrogens (tertiary/aromatic N) is 2. The van der Waals surface area contributed by atoms with Crippen LogP contribution in [0.3, 0.4) is 0 Å². The molecule has 0 bridgehead atoms. The summed E-state index contributed by atoms with van der Waals surface area (Å²) < 4.78 is 41.2. The van der Waals surface area contributed by atoms with Crippen LogP contribution in [0.5, 0.6) is 0 Å². The van der Waals surface area contributed by atoms with Gasteiger partial charge in [0.05, 0.1) is 11.1 Å². The molecule has 4 rings (SSSR count). The Kier molecular flexibility index (Phi) is 5.97. The van der Waals surface area contributed by atoms with Crippen LogP contribution in [-0.4, -0.2) is 9.55 Å². The molecule has 0 saturated carbocycles. The minimum atomic E-state index is -4.38. The van der Waals surface area contributed by atoms with E-state index in [1.54, 1.807) is 16.7 Å². The Morgan fingerprint density at radius 3 is 2.53 bits per heavy atom. The van der Waals surface area contributed by atoms with Gasteiger partial charge in [-0.05, 0) is 35.1 Å². The second-order valence-corrected chi connectivity index (χ2v) is 8.57. The van der Waals surface area contributed by atoms with Crippen molar-refractivity contribution in [1.29, 1.82) is 0 Å². The number of halogens is 3. The van der Waals surface area contributed by atoms with Crippen LogP contribution in [-0.2, 0) is 24.9 Å². The Labute approximate surface area is 179 Å². The van der Waals surface area contributed by atoms with E-state index in [0.717, 1.165) is 17.7 Å². The number of thiophene rings is 1. The molecule has 2 aromatic carbocycles. The Balaban J connectivity index is 1.62. The van der Waals surface area contributed by atoms with Crippen molar-refractivity contribution in [2.75, 3.05) is 0 Å². The van der Waals surface area contributed by atoms with Gasteiger partial charge < -0.3 is 0 Å². The van der Waals surface area contributed by atoms with Gasteiger partial charge in [-0.3, -0.25) is 9.36 Å². The van der Waals surface area contributed by atoms with Crippen LogP contribution in [0.15, 0.2) is 76.0 Å². The zero-order chi connectivity index (χ0) is 21.1. The quantitative estimate of drug-likeness (QED) is 0.269. The number of aromatic nitrogens is 2. The van der Waals surface area contributed by atoms with Crippen LogP contribution in [0, 0.1) is 0 Å². The summed E-state index contributed by atoms with van der Waals surface area (Å²) in [5, 5.41) is 2.33. The third-order valence-corrected chi connectivity index (χ3v) is 6.56. The predicted octanol–water partition coefficient (Wildman–Crippen LogP) is 6.01. The molecule has 0 atom stereocenters. The number of hydrogen-bond donors (Lipinski definition) is 0. The molecule has 2 aromatic heterocycles. The maximum atomic E-state index is 13.0. The Hall–Kier alpha value is -2.58. The molecule has 0 fully saturated rings. The van der Waals surface area contributed by atoms with Gasteiger partial charge in [0.25, 0.3) is 5.56 Å². The lowest BCUT2D eigenvalue weighted by Crippen LogP contribution is -2.23. The van der Waals surface area contributed by atoms with Gasteiger partial charge in [-0.15, -0.1) is 11.3 Å². The van der Waals surface area contributed by atoms with Crippen LogP contribution in [0.25, 0.3) is 10.2 Å². The molecule has 3 nitrogen and oxygen atoms in total. The maximum Gasteiger partial charge on any atom is 0.416 e.